The maximum atomic E-state index is 13.2. The van der Waals surface area contributed by atoms with Crippen molar-refractivity contribution in [3.05, 3.63) is 57.7 Å². The highest BCUT2D eigenvalue weighted by molar-refractivity contribution is 7.22. The van der Waals surface area contributed by atoms with Crippen molar-refractivity contribution in [3.8, 4) is 0 Å². The molecule has 0 spiro atoms. The molecule has 3 heterocycles. The van der Waals surface area contributed by atoms with E-state index < -0.39 is 0 Å². The number of thiophene rings is 1. The van der Waals surface area contributed by atoms with Crippen molar-refractivity contribution in [2.45, 2.75) is 26.8 Å². The zero-order valence-corrected chi connectivity index (χ0v) is 15.1. The minimum atomic E-state index is 0.0399. The first-order valence-corrected chi connectivity index (χ1v) is 9.20. The number of hydrogen-bond donors (Lipinski definition) is 1. The van der Waals surface area contributed by atoms with Crippen LogP contribution in [0.5, 0.6) is 0 Å². The minimum Gasteiger partial charge on any atom is -0.344 e. The summed E-state index contributed by atoms with van der Waals surface area (Å²) in [5.74, 6) is 0.0399. The van der Waals surface area contributed by atoms with Crippen LogP contribution in [-0.2, 0) is 6.54 Å². The van der Waals surface area contributed by atoms with Crippen molar-refractivity contribution >= 4 is 49.8 Å². The molecule has 1 aromatic carbocycles. The van der Waals surface area contributed by atoms with Gasteiger partial charge >= 0.3 is 0 Å². The van der Waals surface area contributed by atoms with Gasteiger partial charge in [-0.05, 0) is 31.5 Å². The van der Waals surface area contributed by atoms with E-state index in [2.05, 4.69) is 22.5 Å². The second-order valence-corrected chi connectivity index (χ2v) is 7.66. The molecule has 3 nitrogen and oxygen atoms in total. The number of aromatic amines is 1. The number of fused-ring (bicyclic) bond motifs is 2. The second kappa shape index (κ2) is 5.80. The van der Waals surface area contributed by atoms with E-state index >= 15 is 0 Å². The summed E-state index contributed by atoms with van der Waals surface area (Å²) in [6.07, 6.45) is 1.03. The van der Waals surface area contributed by atoms with Gasteiger partial charge in [0.1, 0.15) is 4.83 Å². The molecule has 0 radical (unpaired) electrons. The molecule has 0 bridgehead atoms. The Kier molecular flexibility index (Phi) is 3.74. The van der Waals surface area contributed by atoms with Gasteiger partial charge in [0, 0.05) is 28.5 Å². The maximum Gasteiger partial charge on any atom is 0.211 e. The minimum absolute atomic E-state index is 0.0399. The topological polar surface area (TPSA) is 37.8 Å². The van der Waals surface area contributed by atoms with E-state index in [4.69, 9.17) is 11.6 Å². The van der Waals surface area contributed by atoms with E-state index in [-0.39, 0.29) is 5.78 Å². The van der Waals surface area contributed by atoms with Crippen molar-refractivity contribution in [1.29, 1.82) is 0 Å². The van der Waals surface area contributed by atoms with E-state index in [1.165, 1.54) is 11.3 Å². The number of nitrogens with one attached hydrogen (secondary N) is 1. The van der Waals surface area contributed by atoms with Gasteiger partial charge in [0.25, 0.3) is 0 Å². The normalized spacial score (nSPS) is 11.6. The summed E-state index contributed by atoms with van der Waals surface area (Å²) < 4.78 is 2.97. The number of rotatable bonds is 4. The largest absolute Gasteiger partial charge is 0.344 e. The molecule has 122 valence electrons. The molecular weight excluding hydrogens is 340 g/mol. The highest BCUT2D eigenvalue weighted by Gasteiger charge is 2.22. The second-order valence-electron chi connectivity index (χ2n) is 5.98. The molecule has 0 fully saturated rings. The zero-order valence-electron chi connectivity index (χ0n) is 13.5. The predicted octanol–water partition coefficient (Wildman–Crippen LogP) is 5.79. The molecular formula is C19H17ClN2OS. The predicted molar refractivity (Wildman–Crippen MR) is 102 cm³/mol. The van der Waals surface area contributed by atoms with Crippen molar-refractivity contribution in [2.24, 2.45) is 0 Å². The number of carbonyl (C=O) groups excluding carboxylic acids is 1. The van der Waals surface area contributed by atoms with Crippen LogP contribution in [-0.4, -0.2) is 15.3 Å². The Bertz CT molecular complexity index is 1040. The fourth-order valence-corrected chi connectivity index (χ4v) is 4.51. The summed E-state index contributed by atoms with van der Waals surface area (Å²) in [7, 11) is 0. The molecule has 0 amide bonds. The summed E-state index contributed by atoms with van der Waals surface area (Å²) in [4.78, 5) is 17.3. The van der Waals surface area contributed by atoms with Crippen LogP contribution >= 0.6 is 22.9 Å². The van der Waals surface area contributed by atoms with Crippen LogP contribution in [0, 0.1) is 6.92 Å². The van der Waals surface area contributed by atoms with Gasteiger partial charge in [-0.25, -0.2) is 0 Å². The van der Waals surface area contributed by atoms with Crippen LogP contribution in [0.15, 0.2) is 36.4 Å². The third-order valence-corrected chi connectivity index (χ3v) is 5.62. The average Bonchev–Trinajstić information content (AvgIpc) is 3.18. The van der Waals surface area contributed by atoms with Crippen LogP contribution in [0.4, 0.5) is 0 Å². The molecule has 5 heteroatoms. The van der Waals surface area contributed by atoms with Gasteiger partial charge in [-0.1, -0.05) is 36.7 Å². The van der Waals surface area contributed by atoms with Crippen LogP contribution in [0.25, 0.3) is 21.1 Å². The SMILES string of the molecule is CCCn1c(C)c(C(=O)c2cc3cc(Cl)sc3[nH]2)c2ccccc21. The molecule has 4 rings (SSSR count). The third-order valence-electron chi connectivity index (χ3n) is 4.43. The summed E-state index contributed by atoms with van der Waals surface area (Å²) in [5, 5.41) is 2.01. The molecule has 4 aromatic rings. The number of halogens is 1. The van der Waals surface area contributed by atoms with Gasteiger partial charge in [-0.15, -0.1) is 11.3 Å². The third kappa shape index (κ3) is 2.29. The van der Waals surface area contributed by atoms with Crippen LogP contribution in [0.2, 0.25) is 4.34 Å². The lowest BCUT2D eigenvalue weighted by molar-refractivity contribution is 0.103. The number of benzene rings is 1. The first kappa shape index (κ1) is 15.5. The van der Waals surface area contributed by atoms with Crippen LogP contribution in [0.1, 0.15) is 35.1 Å². The molecule has 3 aromatic heterocycles. The summed E-state index contributed by atoms with van der Waals surface area (Å²) in [6.45, 7) is 5.10. The lowest BCUT2D eigenvalue weighted by Gasteiger charge is -2.06. The quantitative estimate of drug-likeness (QED) is 0.462. The van der Waals surface area contributed by atoms with E-state index in [1.807, 2.05) is 37.3 Å². The number of H-pyrrole nitrogens is 1. The number of aromatic nitrogens is 2. The van der Waals surface area contributed by atoms with Gasteiger partial charge in [0.05, 0.1) is 15.6 Å². The lowest BCUT2D eigenvalue weighted by atomic mass is 10.0. The summed E-state index contributed by atoms with van der Waals surface area (Å²) in [5.41, 5.74) is 3.56. The van der Waals surface area contributed by atoms with Crippen LogP contribution in [0.3, 0.4) is 0 Å². The van der Waals surface area contributed by atoms with Crippen molar-refractivity contribution in [1.82, 2.24) is 9.55 Å². The number of hydrogen-bond acceptors (Lipinski definition) is 2. The fourth-order valence-electron chi connectivity index (χ4n) is 3.38. The average molecular weight is 357 g/mol. The number of ketones is 1. The van der Waals surface area contributed by atoms with Gasteiger partial charge in [-0.2, -0.15) is 0 Å². The monoisotopic (exact) mass is 356 g/mol. The van der Waals surface area contributed by atoms with Crippen molar-refractivity contribution < 1.29 is 4.79 Å². The van der Waals surface area contributed by atoms with Crippen molar-refractivity contribution in [3.63, 3.8) is 0 Å². The van der Waals surface area contributed by atoms with E-state index in [0.717, 1.165) is 49.7 Å². The Hall–Kier alpha value is -2.04. The Labute approximate surface area is 148 Å². The standard InChI is InChI=1S/C19H17ClN2OS/c1-3-8-22-11(2)17(13-6-4-5-7-15(13)22)18(23)14-9-12-10-16(20)24-19(12)21-14/h4-7,9-10,21H,3,8H2,1-2H3. The Morgan fingerprint density at radius 1 is 1.29 bits per heavy atom. The number of carbonyl (C=O) groups is 1. The highest BCUT2D eigenvalue weighted by atomic mass is 35.5. The zero-order chi connectivity index (χ0) is 16.8. The Balaban J connectivity index is 1.89. The number of para-hydroxylation sites is 1. The molecule has 0 atom stereocenters. The molecule has 0 saturated heterocycles. The molecule has 1 N–H and O–H groups in total. The first-order chi connectivity index (χ1) is 11.6. The van der Waals surface area contributed by atoms with E-state index in [1.54, 1.807) is 0 Å². The van der Waals surface area contributed by atoms with Gasteiger partial charge in [-0.3, -0.25) is 4.79 Å². The molecule has 0 aliphatic carbocycles. The van der Waals surface area contributed by atoms with Crippen molar-refractivity contribution in [2.75, 3.05) is 0 Å². The number of nitrogens with zero attached hydrogens (tertiary/aromatic N) is 1. The van der Waals surface area contributed by atoms with Gasteiger partial charge < -0.3 is 9.55 Å². The van der Waals surface area contributed by atoms with Gasteiger partial charge in [0.15, 0.2) is 0 Å². The van der Waals surface area contributed by atoms with E-state index in [0.29, 0.717) is 5.69 Å². The molecule has 0 aliphatic rings. The molecule has 24 heavy (non-hydrogen) atoms. The molecule has 0 aliphatic heterocycles. The molecule has 0 saturated carbocycles. The highest BCUT2D eigenvalue weighted by Crippen LogP contribution is 2.32. The molecule has 0 unspecified atom stereocenters. The Morgan fingerprint density at radius 2 is 2.08 bits per heavy atom. The van der Waals surface area contributed by atoms with Gasteiger partial charge in [0.2, 0.25) is 5.78 Å². The summed E-state index contributed by atoms with van der Waals surface area (Å²) in [6, 6.07) is 11.9. The fraction of sp³-hybridized carbons (Fsp3) is 0.211. The number of aryl methyl sites for hydroxylation is 1. The summed E-state index contributed by atoms with van der Waals surface area (Å²) >= 11 is 7.48. The first-order valence-electron chi connectivity index (χ1n) is 8.00. The van der Waals surface area contributed by atoms with Crippen LogP contribution < -0.4 is 0 Å². The Morgan fingerprint density at radius 3 is 2.83 bits per heavy atom. The smallest absolute Gasteiger partial charge is 0.211 e. The van der Waals surface area contributed by atoms with E-state index in [9.17, 15) is 4.79 Å². The lowest BCUT2D eigenvalue weighted by Crippen LogP contribution is -2.05. The maximum absolute atomic E-state index is 13.2.